The molecule has 3 heteroatoms. The summed E-state index contributed by atoms with van der Waals surface area (Å²) in [5.74, 6) is 0.679. The first-order chi connectivity index (χ1) is 9.34. The molecule has 0 N–H and O–H groups in total. The minimum absolute atomic E-state index is 0.679. The van der Waals surface area contributed by atoms with E-state index < -0.39 is 0 Å². The number of aromatic nitrogens is 1. The minimum atomic E-state index is 0.679. The highest BCUT2D eigenvalue weighted by Crippen LogP contribution is 2.35. The molecule has 0 amide bonds. The van der Waals surface area contributed by atoms with Crippen LogP contribution in [0.2, 0.25) is 0 Å². The van der Waals surface area contributed by atoms with Crippen molar-refractivity contribution in [2.75, 3.05) is 26.3 Å². The van der Waals surface area contributed by atoms with E-state index in [-0.39, 0.29) is 0 Å². The van der Waals surface area contributed by atoms with Crippen LogP contribution in [0.3, 0.4) is 0 Å². The van der Waals surface area contributed by atoms with Crippen LogP contribution in [-0.4, -0.2) is 42.2 Å². The molecule has 1 aromatic heterocycles. The fraction of sp³-hybridized carbons (Fsp3) is 0.688. The Hall–Kier alpha value is -0.930. The highest BCUT2D eigenvalue weighted by molar-refractivity contribution is 5.22. The van der Waals surface area contributed by atoms with E-state index in [1.54, 1.807) is 0 Å². The van der Waals surface area contributed by atoms with E-state index in [2.05, 4.69) is 22.9 Å². The van der Waals surface area contributed by atoms with Crippen LogP contribution in [0.4, 0.5) is 0 Å². The molecule has 0 spiro atoms. The number of ether oxygens (including phenoxy) is 1. The van der Waals surface area contributed by atoms with Gasteiger partial charge < -0.3 is 4.74 Å². The third-order valence-electron chi connectivity index (χ3n) is 4.70. The third kappa shape index (κ3) is 2.98. The van der Waals surface area contributed by atoms with Gasteiger partial charge in [-0.15, -0.1) is 0 Å². The monoisotopic (exact) mass is 260 g/mol. The van der Waals surface area contributed by atoms with Gasteiger partial charge in [0, 0.05) is 36.9 Å². The Morgan fingerprint density at radius 2 is 1.89 bits per heavy atom. The summed E-state index contributed by atoms with van der Waals surface area (Å²) in [6.45, 7) is 6.27. The molecule has 104 valence electrons. The molecule has 19 heavy (non-hydrogen) atoms. The minimum Gasteiger partial charge on any atom is -0.379 e. The Morgan fingerprint density at radius 1 is 1.16 bits per heavy atom. The summed E-state index contributed by atoms with van der Waals surface area (Å²) in [5, 5.41) is 0. The molecule has 1 saturated carbocycles. The average Bonchev–Trinajstić information content (AvgIpc) is 2.49. The first-order valence-corrected chi connectivity index (χ1v) is 7.58. The quantitative estimate of drug-likeness (QED) is 0.817. The summed E-state index contributed by atoms with van der Waals surface area (Å²) >= 11 is 0. The van der Waals surface area contributed by atoms with Gasteiger partial charge in [-0.1, -0.05) is 6.07 Å². The first-order valence-electron chi connectivity index (χ1n) is 7.58. The molecule has 3 rings (SSSR count). The van der Waals surface area contributed by atoms with Crippen LogP contribution in [0.1, 0.15) is 42.9 Å². The second-order valence-electron chi connectivity index (χ2n) is 5.86. The number of hydrogen-bond acceptors (Lipinski definition) is 3. The molecular formula is C16H24N2O. The van der Waals surface area contributed by atoms with Crippen LogP contribution in [-0.2, 0) is 4.74 Å². The Kier molecular flexibility index (Phi) is 4.14. The SMILES string of the molecule is Cc1cccnc1C1CCC(N2CCOCC2)CC1. The number of nitrogens with zero attached hydrogens (tertiary/aromatic N) is 2. The number of morpholine rings is 1. The van der Waals surface area contributed by atoms with Crippen molar-refractivity contribution in [2.24, 2.45) is 0 Å². The Balaban J connectivity index is 1.58. The van der Waals surface area contributed by atoms with Crippen molar-refractivity contribution in [3.63, 3.8) is 0 Å². The summed E-state index contributed by atoms with van der Waals surface area (Å²) in [5.41, 5.74) is 2.69. The van der Waals surface area contributed by atoms with Crippen LogP contribution in [0.5, 0.6) is 0 Å². The lowest BCUT2D eigenvalue weighted by Crippen LogP contribution is -2.44. The van der Waals surface area contributed by atoms with Gasteiger partial charge in [0.15, 0.2) is 0 Å². The summed E-state index contributed by atoms with van der Waals surface area (Å²) in [4.78, 5) is 7.24. The largest absolute Gasteiger partial charge is 0.379 e. The van der Waals surface area contributed by atoms with Gasteiger partial charge in [0.2, 0.25) is 0 Å². The van der Waals surface area contributed by atoms with E-state index in [0.29, 0.717) is 5.92 Å². The second kappa shape index (κ2) is 6.02. The normalized spacial score (nSPS) is 29.3. The molecular weight excluding hydrogens is 236 g/mol. The molecule has 1 saturated heterocycles. The van der Waals surface area contributed by atoms with Crippen LogP contribution in [0.25, 0.3) is 0 Å². The predicted molar refractivity (Wildman–Crippen MR) is 76.4 cm³/mol. The lowest BCUT2D eigenvalue weighted by atomic mass is 9.82. The molecule has 2 fully saturated rings. The maximum absolute atomic E-state index is 5.45. The maximum Gasteiger partial charge on any atom is 0.0594 e. The van der Waals surface area contributed by atoms with E-state index in [1.807, 2.05) is 12.3 Å². The van der Waals surface area contributed by atoms with Gasteiger partial charge in [-0.05, 0) is 44.2 Å². The number of hydrogen-bond donors (Lipinski definition) is 0. The number of rotatable bonds is 2. The van der Waals surface area contributed by atoms with Crippen molar-refractivity contribution >= 4 is 0 Å². The zero-order chi connectivity index (χ0) is 13.1. The lowest BCUT2D eigenvalue weighted by molar-refractivity contribution is 0.00720. The van der Waals surface area contributed by atoms with Crippen LogP contribution in [0, 0.1) is 6.92 Å². The number of aryl methyl sites for hydroxylation is 1. The fourth-order valence-corrected chi connectivity index (χ4v) is 3.58. The lowest BCUT2D eigenvalue weighted by Gasteiger charge is -2.38. The van der Waals surface area contributed by atoms with E-state index in [0.717, 1.165) is 32.3 Å². The summed E-state index contributed by atoms with van der Waals surface area (Å²) in [7, 11) is 0. The van der Waals surface area contributed by atoms with Crippen molar-refractivity contribution < 1.29 is 4.74 Å². The Morgan fingerprint density at radius 3 is 2.58 bits per heavy atom. The van der Waals surface area contributed by atoms with Crippen LogP contribution >= 0.6 is 0 Å². The second-order valence-corrected chi connectivity index (χ2v) is 5.86. The molecule has 0 atom stereocenters. The molecule has 2 aliphatic rings. The predicted octanol–water partition coefficient (Wildman–Crippen LogP) is 2.75. The third-order valence-corrected chi connectivity index (χ3v) is 4.70. The van der Waals surface area contributed by atoms with Gasteiger partial charge in [-0.25, -0.2) is 0 Å². The zero-order valence-electron chi connectivity index (χ0n) is 11.8. The maximum atomic E-state index is 5.45. The van der Waals surface area contributed by atoms with Crippen molar-refractivity contribution in [3.05, 3.63) is 29.6 Å². The zero-order valence-corrected chi connectivity index (χ0v) is 11.8. The fourth-order valence-electron chi connectivity index (χ4n) is 3.58. The highest BCUT2D eigenvalue weighted by Gasteiger charge is 2.28. The van der Waals surface area contributed by atoms with Gasteiger partial charge >= 0.3 is 0 Å². The van der Waals surface area contributed by atoms with Gasteiger partial charge in [-0.2, -0.15) is 0 Å². The molecule has 1 aromatic rings. The van der Waals surface area contributed by atoms with Crippen molar-refractivity contribution in [2.45, 2.75) is 44.6 Å². The molecule has 0 radical (unpaired) electrons. The van der Waals surface area contributed by atoms with E-state index in [1.165, 1.54) is 36.9 Å². The molecule has 3 nitrogen and oxygen atoms in total. The molecule has 1 aliphatic heterocycles. The van der Waals surface area contributed by atoms with Crippen molar-refractivity contribution in [3.8, 4) is 0 Å². The highest BCUT2D eigenvalue weighted by atomic mass is 16.5. The topological polar surface area (TPSA) is 25.4 Å². The Bertz CT molecular complexity index is 407. The van der Waals surface area contributed by atoms with Gasteiger partial charge in [-0.3, -0.25) is 9.88 Å². The Labute approximate surface area is 116 Å². The molecule has 0 bridgehead atoms. The van der Waals surface area contributed by atoms with Crippen molar-refractivity contribution in [1.29, 1.82) is 0 Å². The van der Waals surface area contributed by atoms with Crippen LogP contribution < -0.4 is 0 Å². The summed E-state index contributed by atoms with van der Waals surface area (Å²) < 4.78 is 5.45. The van der Waals surface area contributed by atoms with Crippen LogP contribution in [0.15, 0.2) is 18.3 Å². The van der Waals surface area contributed by atoms with E-state index >= 15 is 0 Å². The van der Waals surface area contributed by atoms with E-state index in [4.69, 9.17) is 4.74 Å². The van der Waals surface area contributed by atoms with Gasteiger partial charge in [0.1, 0.15) is 0 Å². The smallest absolute Gasteiger partial charge is 0.0594 e. The first kappa shape index (κ1) is 13.1. The molecule has 2 heterocycles. The molecule has 0 aromatic carbocycles. The van der Waals surface area contributed by atoms with Crippen molar-refractivity contribution in [1.82, 2.24) is 9.88 Å². The van der Waals surface area contributed by atoms with Gasteiger partial charge in [0.25, 0.3) is 0 Å². The van der Waals surface area contributed by atoms with Gasteiger partial charge in [0.05, 0.1) is 13.2 Å². The summed E-state index contributed by atoms with van der Waals surface area (Å²) in [6, 6.07) is 5.01. The standard InChI is InChI=1S/C16H24N2O/c1-13-3-2-8-17-16(13)14-4-6-15(7-5-14)18-9-11-19-12-10-18/h2-3,8,14-15H,4-7,9-12H2,1H3. The summed E-state index contributed by atoms with van der Waals surface area (Å²) in [6.07, 6.45) is 7.16. The molecule has 0 unspecified atom stereocenters. The number of pyridine rings is 1. The van der Waals surface area contributed by atoms with E-state index in [9.17, 15) is 0 Å². The molecule has 1 aliphatic carbocycles. The average molecular weight is 260 g/mol.